The minimum Gasteiger partial charge on any atom is -0.459 e. The Bertz CT molecular complexity index is 855. The molecule has 0 bridgehead atoms. The summed E-state index contributed by atoms with van der Waals surface area (Å²) in [5, 5.41) is 0. The maximum atomic E-state index is 12.2. The van der Waals surface area contributed by atoms with Gasteiger partial charge in [0.2, 0.25) is 0 Å². The van der Waals surface area contributed by atoms with E-state index in [0.29, 0.717) is 17.7 Å². The van der Waals surface area contributed by atoms with E-state index in [1.54, 1.807) is 12.1 Å². The molecular formula is C31H44O4. The van der Waals surface area contributed by atoms with Gasteiger partial charge in [-0.05, 0) is 55.2 Å². The van der Waals surface area contributed by atoms with Crippen molar-refractivity contribution in [3.63, 3.8) is 0 Å². The topological polar surface area (TPSA) is 52.6 Å². The summed E-state index contributed by atoms with van der Waals surface area (Å²) < 4.78 is 11.0. The Morgan fingerprint density at radius 1 is 0.686 bits per heavy atom. The van der Waals surface area contributed by atoms with Crippen molar-refractivity contribution in [3.05, 3.63) is 54.1 Å². The lowest BCUT2D eigenvalue weighted by atomic mass is 10.0. The Hall–Kier alpha value is -2.62. The molecule has 192 valence electrons. The maximum Gasteiger partial charge on any atom is 0.338 e. The predicted molar refractivity (Wildman–Crippen MR) is 144 cm³/mol. The highest BCUT2D eigenvalue weighted by Crippen LogP contribution is 2.24. The number of hydrogen-bond acceptors (Lipinski definition) is 4. The minimum atomic E-state index is -0.290. The lowest BCUT2D eigenvalue weighted by Crippen LogP contribution is -2.14. The van der Waals surface area contributed by atoms with Crippen LogP contribution in [0.5, 0.6) is 5.75 Å². The van der Waals surface area contributed by atoms with Gasteiger partial charge in [-0.1, -0.05) is 102 Å². The summed E-state index contributed by atoms with van der Waals surface area (Å²) in [4.78, 5) is 24.4. The summed E-state index contributed by atoms with van der Waals surface area (Å²) in [5.41, 5.74) is 2.54. The zero-order valence-corrected chi connectivity index (χ0v) is 22.0. The van der Waals surface area contributed by atoms with E-state index in [-0.39, 0.29) is 18.0 Å². The third-order valence-electron chi connectivity index (χ3n) is 6.28. The van der Waals surface area contributed by atoms with Crippen LogP contribution in [0.1, 0.15) is 115 Å². The molecule has 0 aromatic heterocycles. The van der Waals surface area contributed by atoms with Crippen molar-refractivity contribution in [2.75, 3.05) is 0 Å². The second-order valence-electron chi connectivity index (χ2n) is 9.51. The average molecular weight is 481 g/mol. The van der Waals surface area contributed by atoms with Gasteiger partial charge in [-0.15, -0.1) is 0 Å². The van der Waals surface area contributed by atoms with Crippen LogP contribution in [0, 0.1) is 0 Å². The van der Waals surface area contributed by atoms with Crippen molar-refractivity contribution in [2.45, 2.75) is 110 Å². The van der Waals surface area contributed by atoms with Crippen LogP contribution >= 0.6 is 0 Å². The lowest BCUT2D eigenvalue weighted by Gasteiger charge is -2.12. The van der Waals surface area contributed by atoms with Crippen LogP contribution in [0.2, 0.25) is 0 Å². The molecule has 0 N–H and O–H groups in total. The number of unbranched alkanes of at least 4 members (excludes halogenated alkanes) is 9. The molecule has 4 nitrogen and oxygen atoms in total. The summed E-state index contributed by atoms with van der Waals surface area (Å²) in [6.07, 6.45) is 14.7. The van der Waals surface area contributed by atoms with Gasteiger partial charge < -0.3 is 9.47 Å². The van der Waals surface area contributed by atoms with Crippen LogP contribution < -0.4 is 4.74 Å². The fraction of sp³-hybridized carbons (Fsp3) is 0.548. The van der Waals surface area contributed by atoms with Gasteiger partial charge in [-0.25, -0.2) is 4.79 Å². The molecule has 0 amide bonds. The maximum absolute atomic E-state index is 12.2. The number of esters is 2. The highest BCUT2D eigenvalue weighted by atomic mass is 16.5. The highest BCUT2D eigenvalue weighted by molar-refractivity contribution is 5.90. The standard InChI is InChI=1S/C31H44O4/c1-4-6-7-8-9-10-11-12-13-14-16-30(32)35-29-23-21-27(22-24-29)26-17-19-28(20-18-26)31(33)34-25(3)15-5-2/h17-25H,4-16H2,1-3H3. The smallest absolute Gasteiger partial charge is 0.338 e. The molecule has 2 aromatic rings. The van der Waals surface area contributed by atoms with Crippen LogP contribution in [0.3, 0.4) is 0 Å². The number of hydrogen-bond donors (Lipinski definition) is 0. The van der Waals surface area contributed by atoms with Crippen LogP contribution in [-0.2, 0) is 9.53 Å². The first-order valence-electron chi connectivity index (χ1n) is 13.7. The molecular weight excluding hydrogens is 436 g/mol. The number of benzene rings is 2. The Labute approximate surface area is 212 Å². The van der Waals surface area contributed by atoms with Gasteiger partial charge in [-0.3, -0.25) is 4.79 Å². The van der Waals surface area contributed by atoms with E-state index in [4.69, 9.17) is 9.47 Å². The van der Waals surface area contributed by atoms with E-state index >= 15 is 0 Å². The van der Waals surface area contributed by atoms with Gasteiger partial charge in [-0.2, -0.15) is 0 Å². The quantitative estimate of drug-likeness (QED) is 0.129. The molecule has 1 atom stereocenters. The van der Waals surface area contributed by atoms with Gasteiger partial charge >= 0.3 is 11.9 Å². The van der Waals surface area contributed by atoms with Gasteiger partial charge in [0, 0.05) is 6.42 Å². The van der Waals surface area contributed by atoms with Crippen molar-refractivity contribution in [1.29, 1.82) is 0 Å². The zero-order valence-electron chi connectivity index (χ0n) is 22.0. The summed E-state index contributed by atoms with van der Waals surface area (Å²) in [7, 11) is 0. The Balaban J connectivity index is 1.68. The fourth-order valence-electron chi connectivity index (χ4n) is 4.17. The second-order valence-corrected chi connectivity index (χ2v) is 9.51. The van der Waals surface area contributed by atoms with Gasteiger partial charge in [0.25, 0.3) is 0 Å². The zero-order chi connectivity index (χ0) is 25.3. The SMILES string of the molecule is CCCCCCCCCCCCC(=O)Oc1ccc(-c2ccc(C(=O)OC(C)CCC)cc2)cc1. The highest BCUT2D eigenvalue weighted by Gasteiger charge is 2.12. The molecule has 1 unspecified atom stereocenters. The second kappa shape index (κ2) is 16.9. The monoisotopic (exact) mass is 480 g/mol. The first-order chi connectivity index (χ1) is 17.0. The molecule has 4 heteroatoms. The summed E-state index contributed by atoms with van der Waals surface area (Å²) in [5.74, 6) is 0.107. The first-order valence-corrected chi connectivity index (χ1v) is 13.7. The molecule has 35 heavy (non-hydrogen) atoms. The first kappa shape index (κ1) is 28.6. The number of ether oxygens (including phenoxy) is 2. The third kappa shape index (κ3) is 11.6. The van der Waals surface area contributed by atoms with E-state index in [1.807, 2.05) is 43.3 Å². The molecule has 0 heterocycles. The minimum absolute atomic E-state index is 0.0764. The van der Waals surface area contributed by atoms with E-state index in [0.717, 1.165) is 36.8 Å². The van der Waals surface area contributed by atoms with Crippen LogP contribution in [0.4, 0.5) is 0 Å². The molecule has 0 saturated carbocycles. The number of rotatable bonds is 17. The molecule has 0 aliphatic rings. The summed E-state index contributed by atoms with van der Waals surface area (Å²) in [6.45, 7) is 6.24. The molecule has 0 spiro atoms. The van der Waals surface area contributed by atoms with Crippen LogP contribution in [0.15, 0.2) is 48.5 Å². The molecule has 2 aromatic carbocycles. The van der Waals surface area contributed by atoms with E-state index in [1.165, 1.54) is 51.4 Å². The van der Waals surface area contributed by atoms with Crippen molar-refractivity contribution >= 4 is 11.9 Å². The van der Waals surface area contributed by atoms with Crippen molar-refractivity contribution < 1.29 is 19.1 Å². The number of carbonyl (C=O) groups excluding carboxylic acids is 2. The molecule has 0 saturated heterocycles. The predicted octanol–water partition coefficient (Wildman–Crippen LogP) is 8.92. The molecule has 0 aliphatic heterocycles. The fourth-order valence-corrected chi connectivity index (χ4v) is 4.17. The Morgan fingerprint density at radius 2 is 1.20 bits per heavy atom. The Morgan fingerprint density at radius 3 is 1.74 bits per heavy atom. The average Bonchev–Trinajstić information content (AvgIpc) is 2.86. The van der Waals surface area contributed by atoms with E-state index in [2.05, 4.69) is 13.8 Å². The largest absolute Gasteiger partial charge is 0.459 e. The Kier molecular flexibility index (Phi) is 13.8. The van der Waals surface area contributed by atoms with Gasteiger partial charge in [0.05, 0.1) is 11.7 Å². The van der Waals surface area contributed by atoms with Crippen LogP contribution in [-0.4, -0.2) is 18.0 Å². The molecule has 0 aliphatic carbocycles. The van der Waals surface area contributed by atoms with E-state index < -0.39 is 0 Å². The van der Waals surface area contributed by atoms with Crippen molar-refractivity contribution in [3.8, 4) is 16.9 Å². The molecule has 2 rings (SSSR count). The molecule has 0 fully saturated rings. The lowest BCUT2D eigenvalue weighted by molar-refractivity contribution is -0.134. The summed E-state index contributed by atoms with van der Waals surface area (Å²) in [6, 6.07) is 14.9. The van der Waals surface area contributed by atoms with Gasteiger partial charge in [0.15, 0.2) is 0 Å². The van der Waals surface area contributed by atoms with Crippen LogP contribution in [0.25, 0.3) is 11.1 Å². The van der Waals surface area contributed by atoms with Crippen molar-refractivity contribution in [1.82, 2.24) is 0 Å². The summed E-state index contributed by atoms with van der Waals surface area (Å²) >= 11 is 0. The van der Waals surface area contributed by atoms with Crippen molar-refractivity contribution in [2.24, 2.45) is 0 Å². The number of carbonyl (C=O) groups is 2. The van der Waals surface area contributed by atoms with Gasteiger partial charge in [0.1, 0.15) is 5.75 Å². The normalized spacial score (nSPS) is 11.7. The van der Waals surface area contributed by atoms with E-state index in [9.17, 15) is 9.59 Å². The third-order valence-corrected chi connectivity index (χ3v) is 6.28. The molecule has 0 radical (unpaired) electrons.